The zero-order chi connectivity index (χ0) is 11.7. The number of hydrogen-bond acceptors (Lipinski definition) is 3. The molecule has 2 rings (SSSR count). The first-order valence-electron chi connectivity index (χ1n) is 4.52. The summed E-state index contributed by atoms with van der Waals surface area (Å²) in [6.45, 7) is 0. The minimum absolute atomic E-state index is 0.206. The minimum atomic E-state index is -0.593. The number of carbonyl (C=O) groups is 1. The molecule has 0 spiro atoms. The summed E-state index contributed by atoms with van der Waals surface area (Å²) in [5.41, 5.74) is 12.2. The molecule has 0 saturated carbocycles. The van der Waals surface area contributed by atoms with Gasteiger partial charge in [-0.15, -0.1) is 0 Å². The highest BCUT2D eigenvalue weighted by Gasteiger charge is 2.15. The Bertz CT molecular complexity index is 531. The van der Waals surface area contributed by atoms with Gasteiger partial charge in [-0.25, -0.2) is 0 Å². The third-order valence-electron chi connectivity index (χ3n) is 2.20. The summed E-state index contributed by atoms with van der Waals surface area (Å²) in [6, 6.07) is 7.40. The minimum Gasteiger partial charge on any atom is -0.461 e. The normalized spacial score (nSPS) is 10.3. The van der Waals surface area contributed by atoms with Crippen molar-refractivity contribution in [1.29, 1.82) is 0 Å². The van der Waals surface area contributed by atoms with E-state index in [9.17, 15) is 4.79 Å². The molecular formula is C11H9BrN2O2. The molecular weight excluding hydrogens is 272 g/mol. The van der Waals surface area contributed by atoms with E-state index in [4.69, 9.17) is 15.9 Å². The number of furan rings is 1. The maximum atomic E-state index is 11.0. The van der Waals surface area contributed by atoms with Gasteiger partial charge in [0.1, 0.15) is 11.8 Å². The van der Waals surface area contributed by atoms with Crippen LogP contribution in [0.2, 0.25) is 0 Å². The van der Waals surface area contributed by atoms with E-state index in [2.05, 4.69) is 15.9 Å². The van der Waals surface area contributed by atoms with Gasteiger partial charge in [0.05, 0.1) is 5.69 Å². The molecule has 0 aliphatic carbocycles. The van der Waals surface area contributed by atoms with Crippen molar-refractivity contribution in [2.75, 3.05) is 5.73 Å². The topological polar surface area (TPSA) is 82.2 Å². The van der Waals surface area contributed by atoms with Gasteiger partial charge < -0.3 is 15.9 Å². The van der Waals surface area contributed by atoms with Crippen LogP contribution in [-0.2, 0) is 0 Å². The smallest absolute Gasteiger partial charge is 0.254 e. The van der Waals surface area contributed by atoms with E-state index in [0.717, 1.165) is 10.0 Å². The molecule has 0 unspecified atom stereocenters. The number of hydrogen-bond donors (Lipinski definition) is 2. The van der Waals surface area contributed by atoms with Crippen molar-refractivity contribution in [1.82, 2.24) is 0 Å². The second kappa shape index (κ2) is 4.02. The monoisotopic (exact) mass is 280 g/mol. The highest BCUT2D eigenvalue weighted by atomic mass is 79.9. The van der Waals surface area contributed by atoms with Crippen LogP contribution in [0.15, 0.2) is 39.4 Å². The van der Waals surface area contributed by atoms with E-state index >= 15 is 0 Å². The Labute approximate surface area is 100 Å². The summed E-state index contributed by atoms with van der Waals surface area (Å²) >= 11 is 3.33. The Morgan fingerprint density at radius 3 is 2.38 bits per heavy atom. The van der Waals surface area contributed by atoms with E-state index in [1.807, 2.05) is 24.3 Å². The Hall–Kier alpha value is -1.75. The van der Waals surface area contributed by atoms with Gasteiger partial charge in [-0.2, -0.15) is 0 Å². The molecule has 1 aromatic heterocycles. The van der Waals surface area contributed by atoms with E-state index in [-0.39, 0.29) is 11.3 Å². The lowest BCUT2D eigenvalue weighted by molar-refractivity contribution is 0.100. The van der Waals surface area contributed by atoms with Crippen LogP contribution in [0.4, 0.5) is 5.69 Å². The highest BCUT2D eigenvalue weighted by Crippen LogP contribution is 2.30. The number of anilines is 1. The van der Waals surface area contributed by atoms with Crippen molar-refractivity contribution in [2.24, 2.45) is 5.73 Å². The molecule has 1 heterocycles. The van der Waals surface area contributed by atoms with E-state index < -0.39 is 5.91 Å². The van der Waals surface area contributed by atoms with Gasteiger partial charge in [0.25, 0.3) is 5.91 Å². The summed E-state index contributed by atoms with van der Waals surface area (Å²) in [4.78, 5) is 11.0. The molecule has 2 aromatic rings. The number of primary amides is 1. The SMILES string of the molecule is NC(=O)c1coc(-c2ccc(Br)cc2)c1N. The Kier molecular flexibility index (Phi) is 2.70. The molecule has 0 aliphatic rings. The molecule has 0 fully saturated rings. The van der Waals surface area contributed by atoms with Gasteiger partial charge in [-0.05, 0) is 12.1 Å². The van der Waals surface area contributed by atoms with E-state index in [1.165, 1.54) is 6.26 Å². The van der Waals surface area contributed by atoms with Crippen LogP contribution < -0.4 is 11.5 Å². The van der Waals surface area contributed by atoms with Crippen LogP contribution >= 0.6 is 15.9 Å². The maximum Gasteiger partial charge on any atom is 0.254 e. The molecule has 0 bridgehead atoms. The number of rotatable bonds is 2. The van der Waals surface area contributed by atoms with Gasteiger partial charge in [0, 0.05) is 10.0 Å². The van der Waals surface area contributed by atoms with Crippen LogP contribution in [0.1, 0.15) is 10.4 Å². The van der Waals surface area contributed by atoms with Crippen LogP contribution in [0.5, 0.6) is 0 Å². The molecule has 16 heavy (non-hydrogen) atoms. The van der Waals surface area contributed by atoms with Crippen molar-refractivity contribution in [2.45, 2.75) is 0 Å². The molecule has 0 radical (unpaired) electrons. The molecule has 1 aromatic carbocycles. The Balaban J connectivity index is 2.49. The summed E-state index contributed by atoms with van der Waals surface area (Å²) in [7, 11) is 0. The first-order chi connectivity index (χ1) is 7.59. The van der Waals surface area contributed by atoms with Gasteiger partial charge >= 0.3 is 0 Å². The predicted octanol–water partition coefficient (Wildman–Crippen LogP) is 2.39. The largest absolute Gasteiger partial charge is 0.461 e. The summed E-state index contributed by atoms with van der Waals surface area (Å²) in [6.07, 6.45) is 1.27. The standard InChI is InChI=1S/C11H9BrN2O2/c12-7-3-1-6(2-4-7)10-9(13)8(5-16-10)11(14)15/h1-5H,13H2,(H2,14,15). The van der Waals surface area contributed by atoms with Crippen molar-refractivity contribution >= 4 is 27.5 Å². The number of halogens is 1. The maximum absolute atomic E-state index is 11.0. The molecule has 0 aliphatic heterocycles. The fraction of sp³-hybridized carbons (Fsp3) is 0. The molecule has 82 valence electrons. The highest BCUT2D eigenvalue weighted by molar-refractivity contribution is 9.10. The number of benzene rings is 1. The zero-order valence-electron chi connectivity index (χ0n) is 8.24. The molecule has 4 nitrogen and oxygen atoms in total. The van der Waals surface area contributed by atoms with Crippen LogP contribution in [0, 0.1) is 0 Å². The second-order valence-corrected chi connectivity index (χ2v) is 4.18. The van der Waals surface area contributed by atoms with Crippen LogP contribution in [-0.4, -0.2) is 5.91 Å². The Morgan fingerprint density at radius 2 is 1.88 bits per heavy atom. The molecule has 0 atom stereocenters. The van der Waals surface area contributed by atoms with Crippen molar-refractivity contribution in [3.8, 4) is 11.3 Å². The lowest BCUT2D eigenvalue weighted by atomic mass is 10.1. The van der Waals surface area contributed by atoms with Crippen LogP contribution in [0.25, 0.3) is 11.3 Å². The first kappa shape index (κ1) is 10.8. The average molecular weight is 281 g/mol. The average Bonchev–Trinajstić information content (AvgIpc) is 2.61. The number of nitrogen functional groups attached to an aromatic ring is 1. The van der Waals surface area contributed by atoms with E-state index in [1.54, 1.807) is 0 Å². The zero-order valence-corrected chi connectivity index (χ0v) is 9.82. The summed E-state index contributed by atoms with van der Waals surface area (Å²) in [5, 5.41) is 0. The molecule has 5 heteroatoms. The second-order valence-electron chi connectivity index (χ2n) is 3.26. The third kappa shape index (κ3) is 1.81. The summed E-state index contributed by atoms with van der Waals surface area (Å²) < 4.78 is 6.20. The number of amides is 1. The van der Waals surface area contributed by atoms with Crippen LogP contribution in [0.3, 0.4) is 0 Å². The van der Waals surface area contributed by atoms with Gasteiger partial charge in [0.15, 0.2) is 5.76 Å². The lowest BCUT2D eigenvalue weighted by Gasteiger charge is -1.99. The van der Waals surface area contributed by atoms with Crippen molar-refractivity contribution in [3.05, 3.63) is 40.6 Å². The van der Waals surface area contributed by atoms with E-state index in [0.29, 0.717) is 5.76 Å². The van der Waals surface area contributed by atoms with Crippen molar-refractivity contribution in [3.63, 3.8) is 0 Å². The number of nitrogens with two attached hydrogens (primary N) is 2. The lowest BCUT2D eigenvalue weighted by Crippen LogP contribution is -2.11. The van der Waals surface area contributed by atoms with Gasteiger partial charge in [0.2, 0.25) is 0 Å². The van der Waals surface area contributed by atoms with Crippen molar-refractivity contribution < 1.29 is 9.21 Å². The fourth-order valence-electron chi connectivity index (χ4n) is 1.38. The molecule has 1 amide bonds. The van der Waals surface area contributed by atoms with Gasteiger partial charge in [-0.3, -0.25) is 4.79 Å². The van der Waals surface area contributed by atoms with Gasteiger partial charge in [-0.1, -0.05) is 28.1 Å². The first-order valence-corrected chi connectivity index (χ1v) is 5.31. The number of carbonyl (C=O) groups excluding carboxylic acids is 1. The predicted molar refractivity (Wildman–Crippen MR) is 64.8 cm³/mol. The Morgan fingerprint density at radius 1 is 1.25 bits per heavy atom. The molecule has 0 saturated heterocycles. The summed E-state index contributed by atoms with van der Waals surface area (Å²) in [5.74, 6) is -0.133. The third-order valence-corrected chi connectivity index (χ3v) is 2.73. The quantitative estimate of drug-likeness (QED) is 0.886. The molecule has 4 N–H and O–H groups in total. The fourth-order valence-corrected chi connectivity index (χ4v) is 1.65.